The number of nitrogens with one attached hydrogen (secondary N) is 2. The minimum absolute atomic E-state index is 0.0416. The lowest BCUT2D eigenvalue weighted by molar-refractivity contribution is -0.126. The highest BCUT2D eigenvalue weighted by atomic mass is 31.2. The van der Waals surface area contributed by atoms with Crippen molar-refractivity contribution in [2.75, 3.05) is 18.4 Å². The van der Waals surface area contributed by atoms with E-state index in [0.717, 1.165) is 31.4 Å². The number of nitrogens with two attached hydrogens (primary N) is 1. The summed E-state index contributed by atoms with van der Waals surface area (Å²) in [5, 5.41) is 14.3. The van der Waals surface area contributed by atoms with Crippen molar-refractivity contribution in [3.63, 3.8) is 0 Å². The molecule has 0 aliphatic rings. The molecule has 0 aromatic heterocycles. The lowest BCUT2D eigenvalue weighted by atomic mass is 10.1. The second-order valence-corrected chi connectivity index (χ2v) is 8.75. The fourth-order valence-electron chi connectivity index (χ4n) is 3.11. The van der Waals surface area contributed by atoms with E-state index in [1.165, 1.54) is 18.2 Å². The first-order valence-corrected chi connectivity index (χ1v) is 12.2. The van der Waals surface area contributed by atoms with Crippen LogP contribution in [0.4, 0.5) is 10.1 Å². The van der Waals surface area contributed by atoms with Crippen molar-refractivity contribution in [2.24, 2.45) is 5.73 Å². The lowest BCUT2D eigenvalue weighted by Gasteiger charge is -2.17. The van der Waals surface area contributed by atoms with Gasteiger partial charge in [0.15, 0.2) is 0 Å². The van der Waals surface area contributed by atoms with Gasteiger partial charge in [-0.1, -0.05) is 25.0 Å². The van der Waals surface area contributed by atoms with Crippen LogP contribution in [0.3, 0.4) is 0 Å². The zero-order chi connectivity index (χ0) is 25.1. The van der Waals surface area contributed by atoms with Crippen LogP contribution in [-0.2, 0) is 20.6 Å². The molecule has 2 aromatic rings. The highest BCUT2D eigenvalue weighted by Crippen LogP contribution is 2.42. The number of unbranched alkanes of at least 4 members (excludes halogenated alkanes) is 3. The molecule has 0 spiro atoms. The van der Waals surface area contributed by atoms with Gasteiger partial charge in [0.1, 0.15) is 11.5 Å². The van der Waals surface area contributed by atoms with Gasteiger partial charge in [-0.05, 0) is 55.3 Å². The van der Waals surface area contributed by atoms with Gasteiger partial charge in [-0.3, -0.25) is 19.4 Å². The van der Waals surface area contributed by atoms with Gasteiger partial charge >= 0.3 is 7.82 Å². The Morgan fingerprint density at radius 3 is 2.38 bits per heavy atom. The van der Waals surface area contributed by atoms with E-state index in [1.807, 2.05) is 0 Å². The third-order valence-corrected chi connectivity index (χ3v) is 5.18. The van der Waals surface area contributed by atoms with Gasteiger partial charge < -0.3 is 26.0 Å². The number of alkyl halides is 1. The average molecular weight is 497 g/mol. The molecular formula is C22H29FN3O7P. The normalized spacial score (nSPS) is 12.1. The summed E-state index contributed by atoms with van der Waals surface area (Å²) in [5.41, 5.74) is 5.70. The summed E-state index contributed by atoms with van der Waals surface area (Å²) in [5.74, 6) is -1.92. The van der Waals surface area contributed by atoms with Crippen molar-refractivity contribution < 1.29 is 38.0 Å². The fourth-order valence-corrected chi connectivity index (χ4v) is 3.53. The molecule has 0 saturated carbocycles. The van der Waals surface area contributed by atoms with E-state index in [9.17, 15) is 23.7 Å². The molecule has 0 fully saturated rings. The lowest BCUT2D eigenvalue weighted by Crippen LogP contribution is -2.28. The molecule has 2 rings (SSSR count). The minimum atomic E-state index is -5.03. The highest BCUT2D eigenvalue weighted by Gasteiger charge is 2.27. The average Bonchev–Trinajstić information content (AvgIpc) is 2.77. The number of hydrogen-bond acceptors (Lipinski definition) is 6. The predicted molar refractivity (Wildman–Crippen MR) is 124 cm³/mol. The van der Waals surface area contributed by atoms with Crippen molar-refractivity contribution in [3.05, 3.63) is 53.6 Å². The van der Waals surface area contributed by atoms with E-state index in [2.05, 4.69) is 15.2 Å². The third-order valence-electron chi connectivity index (χ3n) is 4.75. The summed E-state index contributed by atoms with van der Waals surface area (Å²) in [6.45, 7) is 0.796. The molecule has 0 heterocycles. The number of amides is 2. The van der Waals surface area contributed by atoms with Gasteiger partial charge in [-0.25, -0.2) is 8.96 Å². The first-order chi connectivity index (χ1) is 16.1. The van der Waals surface area contributed by atoms with E-state index >= 15 is 0 Å². The Hall–Kier alpha value is -2.98. The van der Waals surface area contributed by atoms with Crippen molar-refractivity contribution in [2.45, 2.75) is 38.3 Å². The zero-order valence-corrected chi connectivity index (χ0v) is 19.3. The summed E-state index contributed by atoms with van der Waals surface area (Å²) in [7, 11) is -5.03. The zero-order valence-electron chi connectivity index (χ0n) is 18.4. The standard InChI is InChI=1S/C22H29FN3O7P/c23-21(22(29)25-12-4-2-1-3-11-24)18-14-16(7-10-19(18)33-34(30,31)32)26-20(28)13-15-5-8-17(27)9-6-15/h5-10,14,21,27H,1-4,11-13,24H2,(H,25,29)(H,26,28)(H2,30,31,32). The van der Waals surface area contributed by atoms with Crippen LogP contribution < -0.4 is 20.9 Å². The maximum absolute atomic E-state index is 15.0. The predicted octanol–water partition coefficient (Wildman–Crippen LogP) is 2.69. The van der Waals surface area contributed by atoms with E-state index in [0.29, 0.717) is 18.5 Å². The summed E-state index contributed by atoms with van der Waals surface area (Å²) in [6.07, 6.45) is 0.840. The summed E-state index contributed by atoms with van der Waals surface area (Å²) >= 11 is 0. The largest absolute Gasteiger partial charge is 0.524 e. The van der Waals surface area contributed by atoms with Crippen molar-refractivity contribution in [1.82, 2.24) is 5.32 Å². The number of aromatic hydroxyl groups is 1. The topological polar surface area (TPSA) is 171 Å². The molecular weight excluding hydrogens is 468 g/mol. The summed E-state index contributed by atoms with van der Waals surface area (Å²) in [6, 6.07) is 9.41. The van der Waals surface area contributed by atoms with Crippen LogP contribution in [0, 0.1) is 0 Å². The van der Waals surface area contributed by atoms with Crippen LogP contribution >= 0.6 is 7.82 Å². The molecule has 186 valence electrons. The monoisotopic (exact) mass is 497 g/mol. The number of rotatable bonds is 13. The molecule has 0 radical (unpaired) electrons. The quantitative estimate of drug-likeness (QED) is 0.181. The van der Waals surface area contributed by atoms with Crippen molar-refractivity contribution in [1.29, 1.82) is 0 Å². The smallest absolute Gasteiger partial charge is 0.508 e. The Bertz CT molecular complexity index is 1010. The molecule has 10 nitrogen and oxygen atoms in total. The third kappa shape index (κ3) is 9.48. The summed E-state index contributed by atoms with van der Waals surface area (Å²) in [4.78, 5) is 42.9. The minimum Gasteiger partial charge on any atom is -0.508 e. The SMILES string of the molecule is NCCCCCCNC(=O)C(F)c1cc(NC(=O)Cc2ccc(O)cc2)ccc1OP(=O)(O)O. The van der Waals surface area contributed by atoms with Crippen LogP contribution in [-0.4, -0.2) is 39.8 Å². The molecule has 0 aliphatic carbocycles. The molecule has 0 saturated heterocycles. The van der Waals surface area contributed by atoms with Gasteiger partial charge in [-0.2, -0.15) is 0 Å². The number of phosphoric acid groups is 1. The molecule has 2 amide bonds. The Balaban J connectivity index is 2.11. The summed E-state index contributed by atoms with van der Waals surface area (Å²) < 4.78 is 30.8. The van der Waals surface area contributed by atoms with Crippen LogP contribution in [0.15, 0.2) is 42.5 Å². The van der Waals surface area contributed by atoms with Gasteiger partial charge in [0.05, 0.1) is 6.42 Å². The van der Waals surface area contributed by atoms with Gasteiger partial charge in [0.2, 0.25) is 12.1 Å². The van der Waals surface area contributed by atoms with Gasteiger partial charge in [0.25, 0.3) is 5.91 Å². The maximum Gasteiger partial charge on any atom is 0.524 e. The number of phosphoric ester groups is 1. The molecule has 0 aliphatic heterocycles. The molecule has 1 atom stereocenters. The number of phenols is 1. The first kappa shape index (κ1) is 27.3. The highest BCUT2D eigenvalue weighted by molar-refractivity contribution is 7.46. The van der Waals surface area contributed by atoms with E-state index < -0.39 is 37.1 Å². The Morgan fingerprint density at radius 2 is 1.74 bits per heavy atom. The second-order valence-electron chi connectivity index (χ2n) is 7.58. The Morgan fingerprint density at radius 1 is 1.06 bits per heavy atom. The Labute approximate surface area is 196 Å². The molecule has 34 heavy (non-hydrogen) atoms. The first-order valence-electron chi connectivity index (χ1n) is 10.7. The number of anilines is 1. The molecule has 1 unspecified atom stereocenters. The van der Waals surface area contributed by atoms with Crippen molar-refractivity contribution in [3.8, 4) is 11.5 Å². The number of phenolic OH excluding ortho intramolecular Hbond substituents is 1. The van der Waals surface area contributed by atoms with E-state index in [4.69, 9.17) is 15.5 Å². The molecule has 7 N–H and O–H groups in total. The molecule has 0 bridgehead atoms. The number of carbonyl (C=O) groups is 2. The van der Waals surface area contributed by atoms with Crippen LogP contribution in [0.2, 0.25) is 0 Å². The van der Waals surface area contributed by atoms with E-state index in [-0.39, 0.29) is 24.4 Å². The van der Waals surface area contributed by atoms with Gasteiger partial charge in [0, 0.05) is 17.8 Å². The number of halogens is 1. The second kappa shape index (κ2) is 13.0. The van der Waals surface area contributed by atoms with Crippen LogP contribution in [0.1, 0.15) is 43.0 Å². The fraction of sp³-hybridized carbons (Fsp3) is 0.364. The maximum atomic E-state index is 15.0. The van der Waals surface area contributed by atoms with Gasteiger partial charge in [-0.15, -0.1) is 0 Å². The number of carbonyl (C=O) groups excluding carboxylic acids is 2. The van der Waals surface area contributed by atoms with Crippen LogP contribution in [0.25, 0.3) is 0 Å². The Kier molecular flexibility index (Phi) is 10.5. The number of benzene rings is 2. The van der Waals surface area contributed by atoms with E-state index in [1.54, 1.807) is 12.1 Å². The molecule has 12 heteroatoms. The number of hydrogen-bond donors (Lipinski definition) is 6. The van der Waals surface area contributed by atoms with Crippen molar-refractivity contribution >= 4 is 25.3 Å². The van der Waals surface area contributed by atoms with Crippen LogP contribution in [0.5, 0.6) is 11.5 Å². The molecule has 2 aromatic carbocycles.